The molecular formula is C21H27N7O2. The van der Waals surface area contributed by atoms with Crippen LogP contribution in [0, 0.1) is 0 Å². The first-order valence-corrected chi connectivity index (χ1v) is 10.5. The van der Waals surface area contributed by atoms with Crippen LogP contribution in [0.1, 0.15) is 48.9 Å². The minimum atomic E-state index is -0.317. The molecule has 0 atom stereocenters. The predicted molar refractivity (Wildman–Crippen MR) is 116 cm³/mol. The van der Waals surface area contributed by atoms with Crippen LogP contribution in [0.15, 0.2) is 36.5 Å². The number of hydrogen-bond acceptors (Lipinski definition) is 7. The van der Waals surface area contributed by atoms with Crippen LogP contribution in [-0.4, -0.2) is 49.8 Å². The highest BCUT2D eigenvalue weighted by Gasteiger charge is 2.16. The number of aromatic nitrogens is 4. The maximum atomic E-state index is 12.6. The topological polar surface area (TPSA) is 116 Å². The van der Waals surface area contributed by atoms with Crippen LogP contribution in [0.25, 0.3) is 5.65 Å². The van der Waals surface area contributed by atoms with Crippen LogP contribution in [0.4, 0.5) is 17.6 Å². The molecule has 158 valence electrons. The van der Waals surface area contributed by atoms with Crippen molar-refractivity contribution in [2.24, 2.45) is 0 Å². The second kappa shape index (κ2) is 9.53. The number of carbonyl (C=O) groups excluding carboxylic acids is 1. The highest BCUT2D eigenvalue weighted by molar-refractivity contribution is 6.03. The summed E-state index contributed by atoms with van der Waals surface area (Å²) in [5.74, 6) is 1.47. The van der Waals surface area contributed by atoms with Gasteiger partial charge >= 0.3 is 0 Å². The van der Waals surface area contributed by atoms with Gasteiger partial charge in [-0.3, -0.25) is 10.1 Å². The molecule has 0 aliphatic heterocycles. The molecule has 1 aliphatic carbocycles. The Bertz CT molecular complexity index is 981. The van der Waals surface area contributed by atoms with Crippen molar-refractivity contribution >= 4 is 29.1 Å². The van der Waals surface area contributed by atoms with Crippen molar-refractivity contribution in [3.05, 3.63) is 42.1 Å². The summed E-state index contributed by atoms with van der Waals surface area (Å²) in [7, 11) is 0. The normalized spacial score (nSPS) is 14.6. The third-order valence-corrected chi connectivity index (χ3v) is 5.21. The molecule has 30 heavy (non-hydrogen) atoms. The van der Waals surface area contributed by atoms with E-state index >= 15 is 0 Å². The highest BCUT2D eigenvalue weighted by Crippen LogP contribution is 2.22. The average molecular weight is 409 g/mol. The van der Waals surface area contributed by atoms with E-state index in [-0.39, 0.29) is 18.5 Å². The zero-order chi connectivity index (χ0) is 20.8. The monoisotopic (exact) mass is 409 g/mol. The zero-order valence-electron chi connectivity index (χ0n) is 16.8. The van der Waals surface area contributed by atoms with Crippen molar-refractivity contribution < 1.29 is 9.90 Å². The maximum absolute atomic E-state index is 12.6. The van der Waals surface area contributed by atoms with E-state index in [1.807, 2.05) is 18.2 Å². The van der Waals surface area contributed by atoms with E-state index in [1.54, 1.807) is 16.6 Å². The summed E-state index contributed by atoms with van der Waals surface area (Å²) < 4.78 is 1.73. The average Bonchev–Trinajstić information content (AvgIpc) is 3.19. The van der Waals surface area contributed by atoms with Gasteiger partial charge in [0.15, 0.2) is 5.65 Å². The molecule has 1 fully saturated rings. The SMILES string of the molecule is O=C(Nc1nc2cccc(NC3CCCCC3)n2n1)c1ccc(NCCCO)nc1. The zero-order valence-corrected chi connectivity index (χ0v) is 16.8. The fourth-order valence-corrected chi connectivity index (χ4v) is 3.63. The smallest absolute Gasteiger partial charge is 0.259 e. The van der Waals surface area contributed by atoms with E-state index in [0.717, 1.165) is 18.7 Å². The lowest BCUT2D eigenvalue weighted by Crippen LogP contribution is -2.23. The summed E-state index contributed by atoms with van der Waals surface area (Å²) in [4.78, 5) is 21.2. The standard InChI is InChI=1S/C21H27N7O2/c29-13-5-12-22-17-11-10-15(14-23-17)20(30)26-21-25-19-9-4-8-18(28(19)27-21)24-16-6-2-1-3-7-16/h4,8-11,14,16,24,29H,1-3,5-7,12-13H2,(H,22,23)(H,26,27,30). The number of aliphatic hydroxyl groups excluding tert-OH is 1. The summed E-state index contributed by atoms with van der Waals surface area (Å²) >= 11 is 0. The molecule has 0 bridgehead atoms. The van der Waals surface area contributed by atoms with E-state index < -0.39 is 0 Å². The minimum Gasteiger partial charge on any atom is -0.396 e. The lowest BCUT2D eigenvalue weighted by atomic mass is 9.95. The maximum Gasteiger partial charge on any atom is 0.259 e. The van der Waals surface area contributed by atoms with E-state index in [0.29, 0.717) is 36.0 Å². The third kappa shape index (κ3) is 4.85. The molecule has 1 saturated carbocycles. The van der Waals surface area contributed by atoms with Crippen molar-refractivity contribution in [1.29, 1.82) is 0 Å². The van der Waals surface area contributed by atoms with Gasteiger partial charge in [0.2, 0.25) is 5.95 Å². The van der Waals surface area contributed by atoms with Crippen LogP contribution in [-0.2, 0) is 0 Å². The lowest BCUT2D eigenvalue weighted by molar-refractivity contribution is 0.102. The second-order valence-electron chi connectivity index (χ2n) is 7.49. The molecule has 3 heterocycles. The number of hydrogen-bond donors (Lipinski definition) is 4. The van der Waals surface area contributed by atoms with Gasteiger partial charge in [0.05, 0.1) is 5.56 Å². The predicted octanol–water partition coefficient (Wildman–Crippen LogP) is 2.92. The number of pyridine rings is 2. The van der Waals surface area contributed by atoms with Gasteiger partial charge in [-0.25, -0.2) is 4.98 Å². The van der Waals surface area contributed by atoms with Crippen molar-refractivity contribution in [2.45, 2.75) is 44.6 Å². The second-order valence-corrected chi connectivity index (χ2v) is 7.49. The molecule has 1 aliphatic rings. The first kappa shape index (κ1) is 20.1. The number of rotatable bonds is 8. The fraction of sp³-hybridized carbons (Fsp3) is 0.429. The fourth-order valence-electron chi connectivity index (χ4n) is 3.63. The summed E-state index contributed by atoms with van der Waals surface area (Å²) in [6.07, 6.45) is 8.26. The Morgan fingerprint density at radius 3 is 2.80 bits per heavy atom. The summed E-state index contributed by atoms with van der Waals surface area (Å²) in [5, 5.41) is 22.7. The van der Waals surface area contributed by atoms with Gasteiger partial charge in [0, 0.05) is 25.4 Å². The highest BCUT2D eigenvalue weighted by atomic mass is 16.3. The largest absolute Gasteiger partial charge is 0.396 e. The van der Waals surface area contributed by atoms with Crippen LogP contribution >= 0.6 is 0 Å². The van der Waals surface area contributed by atoms with Crippen LogP contribution in [0.2, 0.25) is 0 Å². The molecule has 1 amide bonds. The van der Waals surface area contributed by atoms with Crippen molar-refractivity contribution in [3.63, 3.8) is 0 Å². The number of anilines is 3. The van der Waals surface area contributed by atoms with Gasteiger partial charge in [0.25, 0.3) is 5.91 Å². The summed E-state index contributed by atoms with van der Waals surface area (Å²) in [5.41, 5.74) is 1.09. The molecule has 4 N–H and O–H groups in total. The Labute approximate surface area is 174 Å². The van der Waals surface area contributed by atoms with Gasteiger partial charge in [-0.15, -0.1) is 5.10 Å². The van der Waals surface area contributed by atoms with E-state index in [9.17, 15) is 4.79 Å². The molecule has 3 aromatic rings. The van der Waals surface area contributed by atoms with Gasteiger partial charge in [-0.1, -0.05) is 25.3 Å². The number of nitrogens with zero attached hydrogens (tertiary/aromatic N) is 4. The number of carbonyl (C=O) groups is 1. The molecule has 0 aromatic carbocycles. The van der Waals surface area contributed by atoms with Crippen molar-refractivity contribution in [2.75, 3.05) is 29.1 Å². The molecule has 0 spiro atoms. The quantitative estimate of drug-likeness (QED) is 0.423. The molecule has 4 rings (SSSR count). The van der Waals surface area contributed by atoms with E-state index in [1.165, 1.54) is 25.5 Å². The number of aliphatic hydroxyl groups is 1. The van der Waals surface area contributed by atoms with E-state index in [4.69, 9.17) is 5.11 Å². The van der Waals surface area contributed by atoms with Gasteiger partial charge < -0.3 is 15.7 Å². The molecular weight excluding hydrogens is 382 g/mol. The molecule has 3 aromatic heterocycles. The van der Waals surface area contributed by atoms with Gasteiger partial charge in [0.1, 0.15) is 11.6 Å². The molecule has 0 saturated heterocycles. The number of nitrogens with one attached hydrogen (secondary N) is 3. The van der Waals surface area contributed by atoms with E-state index in [2.05, 4.69) is 31.0 Å². The van der Waals surface area contributed by atoms with Gasteiger partial charge in [-0.05, 0) is 43.5 Å². The van der Waals surface area contributed by atoms with Crippen LogP contribution in [0.5, 0.6) is 0 Å². The van der Waals surface area contributed by atoms with Crippen molar-refractivity contribution in [3.8, 4) is 0 Å². The Balaban J connectivity index is 1.43. The Morgan fingerprint density at radius 2 is 2.03 bits per heavy atom. The van der Waals surface area contributed by atoms with Gasteiger partial charge in [-0.2, -0.15) is 9.50 Å². The van der Waals surface area contributed by atoms with Crippen molar-refractivity contribution in [1.82, 2.24) is 19.6 Å². The lowest BCUT2D eigenvalue weighted by Gasteiger charge is -2.23. The third-order valence-electron chi connectivity index (χ3n) is 5.21. The van der Waals surface area contributed by atoms with Crippen LogP contribution < -0.4 is 16.0 Å². The molecule has 9 heteroatoms. The Morgan fingerprint density at radius 1 is 1.17 bits per heavy atom. The minimum absolute atomic E-state index is 0.122. The first-order chi connectivity index (χ1) is 14.7. The summed E-state index contributed by atoms with van der Waals surface area (Å²) in [6.45, 7) is 0.745. The molecule has 0 unspecified atom stereocenters. The number of fused-ring (bicyclic) bond motifs is 1. The van der Waals surface area contributed by atoms with Crippen LogP contribution in [0.3, 0.4) is 0 Å². The Hall–Kier alpha value is -3.20. The Kier molecular flexibility index (Phi) is 6.38. The summed E-state index contributed by atoms with van der Waals surface area (Å²) in [6, 6.07) is 9.65. The molecule has 9 nitrogen and oxygen atoms in total. The first-order valence-electron chi connectivity index (χ1n) is 10.5. The molecule has 0 radical (unpaired) electrons. The number of amides is 1.